The minimum atomic E-state index is -4.28. The van der Waals surface area contributed by atoms with Crippen LogP contribution in [-0.2, 0) is 12.8 Å². The van der Waals surface area contributed by atoms with Crippen LogP contribution in [0.15, 0.2) is 4.52 Å². The van der Waals surface area contributed by atoms with Crippen LogP contribution in [0, 0.1) is 5.92 Å². The summed E-state index contributed by atoms with van der Waals surface area (Å²) in [5.74, 6) is 0.403. The smallest absolute Gasteiger partial charge is 0.339 e. The molecule has 0 aromatic carbocycles. The molecule has 0 saturated carbocycles. The first-order valence-electron chi connectivity index (χ1n) is 5.12. The third-order valence-corrected chi connectivity index (χ3v) is 2.49. The largest absolute Gasteiger partial charge is 0.396 e. The van der Waals surface area contributed by atoms with Crippen molar-refractivity contribution < 1.29 is 17.7 Å². The van der Waals surface area contributed by atoms with Crippen molar-refractivity contribution in [2.45, 2.75) is 25.4 Å². The zero-order valence-corrected chi connectivity index (χ0v) is 8.55. The van der Waals surface area contributed by atoms with Gasteiger partial charge >= 0.3 is 6.18 Å². The molecular formula is C9H12F3N3O. The lowest BCUT2D eigenvalue weighted by Crippen LogP contribution is -2.13. The number of nitrogens with one attached hydrogen (secondary N) is 1. The van der Waals surface area contributed by atoms with E-state index in [4.69, 9.17) is 4.52 Å². The Morgan fingerprint density at radius 1 is 1.44 bits per heavy atom. The van der Waals surface area contributed by atoms with Crippen molar-refractivity contribution in [1.82, 2.24) is 15.5 Å². The van der Waals surface area contributed by atoms with E-state index in [0.29, 0.717) is 18.2 Å². The molecule has 0 amide bonds. The van der Waals surface area contributed by atoms with Crippen molar-refractivity contribution in [1.29, 1.82) is 0 Å². The molecule has 1 N–H and O–H groups in total. The topological polar surface area (TPSA) is 51.0 Å². The van der Waals surface area contributed by atoms with Crippen LogP contribution in [0.2, 0.25) is 0 Å². The van der Waals surface area contributed by atoms with Crippen molar-refractivity contribution in [2.75, 3.05) is 13.1 Å². The predicted molar refractivity (Wildman–Crippen MR) is 48.7 cm³/mol. The van der Waals surface area contributed by atoms with Gasteiger partial charge in [-0.3, -0.25) is 0 Å². The Bertz CT molecular complexity index is 344. The summed E-state index contributed by atoms with van der Waals surface area (Å²) >= 11 is 0. The van der Waals surface area contributed by atoms with Crippen LogP contribution in [0.4, 0.5) is 13.2 Å². The van der Waals surface area contributed by atoms with Gasteiger partial charge in [-0.1, -0.05) is 5.16 Å². The van der Waals surface area contributed by atoms with E-state index in [-0.39, 0.29) is 5.82 Å². The standard InChI is InChI=1S/C9H12F3N3O/c10-9(11,12)4-7-14-8(16-15-7)3-6-1-2-13-5-6/h6,13H,1-5H2. The summed E-state index contributed by atoms with van der Waals surface area (Å²) in [4.78, 5) is 3.73. The van der Waals surface area contributed by atoms with Crippen LogP contribution in [0.25, 0.3) is 0 Å². The second-order valence-corrected chi connectivity index (χ2v) is 3.96. The average Bonchev–Trinajstić information content (AvgIpc) is 2.75. The Labute approximate surface area is 90.2 Å². The first-order chi connectivity index (χ1) is 7.53. The summed E-state index contributed by atoms with van der Waals surface area (Å²) in [6.45, 7) is 1.80. The fourth-order valence-corrected chi connectivity index (χ4v) is 1.76. The maximum absolute atomic E-state index is 12.0. The Kier molecular flexibility index (Phi) is 3.13. The van der Waals surface area contributed by atoms with Gasteiger partial charge in [-0.15, -0.1) is 0 Å². The van der Waals surface area contributed by atoms with Gasteiger partial charge in [-0.05, 0) is 25.4 Å². The van der Waals surface area contributed by atoms with Gasteiger partial charge in [0, 0.05) is 6.42 Å². The SMILES string of the molecule is FC(F)(F)Cc1noc(CC2CCNC2)n1. The van der Waals surface area contributed by atoms with Gasteiger partial charge in [-0.2, -0.15) is 18.2 Å². The lowest BCUT2D eigenvalue weighted by atomic mass is 10.1. The molecule has 1 aromatic heterocycles. The van der Waals surface area contributed by atoms with E-state index in [1.54, 1.807) is 0 Å². The predicted octanol–water partition coefficient (Wildman–Crippen LogP) is 1.33. The highest BCUT2D eigenvalue weighted by atomic mass is 19.4. The first-order valence-corrected chi connectivity index (χ1v) is 5.12. The maximum Gasteiger partial charge on any atom is 0.396 e. The van der Waals surface area contributed by atoms with Crippen LogP contribution < -0.4 is 5.32 Å². The number of alkyl halides is 3. The van der Waals surface area contributed by atoms with Gasteiger partial charge in [0.1, 0.15) is 6.42 Å². The molecule has 0 spiro atoms. The van der Waals surface area contributed by atoms with Crippen molar-refractivity contribution in [3.8, 4) is 0 Å². The highest BCUT2D eigenvalue weighted by Crippen LogP contribution is 2.20. The van der Waals surface area contributed by atoms with Crippen LogP contribution in [0.5, 0.6) is 0 Å². The molecule has 1 aliphatic heterocycles. The van der Waals surface area contributed by atoms with E-state index < -0.39 is 12.6 Å². The van der Waals surface area contributed by atoms with Crippen LogP contribution >= 0.6 is 0 Å². The molecule has 1 aliphatic rings. The molecule has 90 valence electrons. The van der Waals surface area contributed by atoms with Crippen molar-refractivity contribution >= 4 is 0 Å². The van der Waals surface area contributed by atoms with E-state index in [2.05, 4.69) is 15.5 Å². The molecule has 1 fully saturated rings. The van der Waals surface area contributed by atoms with Gasteiger partial charge in [0.15, 0.2) is 5.82 Å². The summed E-state index contributed by atoms with van der Waals surface area (Å²) in [5, 5.41) is 6.48. The first kappa shape index (κ1) is 11.4. The second-order valence-electron chi connectivity index (χ2n) is 3.96. The van der Waals surface area contributed by atoms with E-state index in [9.17, 15) is 13.2 Å². The number of nitrogens with zero attached hydrogens (tertiary/aromatic N) is 2. The zero-order chi connectivity index (χ0) is 11.6. The molecule has 1 aromatic rings. The summed E-state index contributed by atoms with van der Waals surface area (Å²) in [5.41, 5.74) is 0. The molecule has 2 heterocycles. The highest BCUT2D eigenvalue weighted by Gasteiger charge is 2.30. The van der Waals surface area contributed by atoms with E-state index in [0.717, 1.165) is 19.5 Å². The quantitative estimate of drug-likeness (QED) is 0.858. The lowest BCUT2D eigenvalue weighted by Gasteiger charge is -2.02. The third kappa shape index (κ3) is 3.19. The maximum atomic E-state index is 12.0. The minimum absolute atomic E-state index is 0.284. The van der Waals surface area contributed by atoms with Gasteiger partial charge in [0.05, 0.1) is 0 Å². The molecule has 0 aliphatic carbocycles. The Morgan fingerprint density at radius 2 is 2.25 bits per heavy atom. The Balaban J connectivity index is 1.91. The van der Waals surface area contributed by atoms with Crippen LogP contribution in [0.1, 0.15) is 18.1 Å². The monoisotopic (exact) mass is 235 g/mol. The molecule has 4 nitrogen and oxygen atoms in total. The lowest BCUT2D eigenvalue weighted by molar-refractivity contribution is -0.128. The summed E-state index contributed by atoms with van der Waals surface area (Å²) < 4.78 is 40.9. The van der Waals surface area contributed by atoms with E-state index >= 15 is 0 Å². The molecule has 0 bridgehead atoms. The van der Waals surface area contributed by atoms with E-state index in [1.165, 1.54) is 0 Å². The van der Waals surface area contributed by atoms with E-state index in [1.807, 2.05) is 0 Å². The molecule has 1 saturated heterocycles. The summed E-state index contributed by atoms with van der Waals surface area (Å²) in [6.07, 6.45) is -3.86. The van der Waals surface area contributed by atoms with Crippen molar-refractivity contribution in [3.05, 3.63) is 11.7 Å². The number of aromatic nitrogens is 2. The molecule has 2 rings (SSSR count). The van der Waals surface area contributed by atoms with Gasteiger partial charge < -0.3 is 9.84 Å². The minimum Gasteiger partial charge on any atom is -0.339 e. The number of hydrogen-bond acceptors (Lipinski definition) is 4. The summed E-state index contributed by atoms with van der Waals surface area (Å²) in [6, 6.07) is 0. The fourth-order valence-electron chi connectivity index (χ4n) is 1.76. The fraction of sp³-hybridized carbons (Fsp3) is 0.778. The van der Waals surface area contributed by atoms with Crippen LogP contribution in [-0.4, -0.2) is 29.4 Å². The van der Waals surface area contributed by atoms with Crippen molar-refractivity contribution in [2.24, 2.45) is 5.92 Å². The van der Waals surface area contributed by atoms with Crippen molar-refractivity contribution in [3.63, 3.8) is 0 Å². The van der Waals surface area contributed by atoms with Gasteiger partial charge in [-0.25, -0.2) is 0 Å². The van der Waals surface area contributed by atoms with Gasteiger partial charge in [0.2, 0.25) is 5.89 Å². The number of rotatable bonds is 3. The molecule has 1 unspecified atom stereocenters. The normalized spacial score (nSPS) is 21.6. The van der Waals surface area contributed by atoms with Gasteiger partial charge in [0.25, 0.3) is 0 Å². The Morgan fingerprint density at radius 3 is 2.88 bits per heavy atom. The molecule has 16 heavy (non-hydrogen) atoms. The molecule has 0 radical (unpaired) electrons. The van der Waals surface area contributed by atoms with Crippen LogP contribution in [0.3, 0.4) is 0 Å². The average molecular weight is 235 g/mol. The molecule has 1 atom stereocenters. The Hall–Kier alpha value is -1.11. The second kappa shape index (κ2) is 4.40. The zero-order valence-electron chi connectivity index (χ0n) is 8.55. The molecular weight excluding hydrogens is 223 g/mol. The third-order valence-electron chi connectivity index (χ3n) is 2.49. The summed E-state index contributed by atoms with van der Waals surface area (Å²) in [7, 11) is 0. The number of hydrogen-bond donors (Lipinski definition) is 1. The highest BCUT2D eigenvalue weighted by molar-refractivity contribution is 4.91. The molecule has 7 heteroatoms. The number of halogens is 3.